The largest absolute Gasteiger partial charge is 0.465 e. The number of hydrazone groups is 1. The molecule has 0 fully saturated rings. The molecule has 1 aromatic heterocycles. The summed E-state index contributed by atoms with van der Waals surface area (Å²) in [6.07, 6.45) is 2.07. The zero-order valence-electron chi connectivity index (χ0n) is 19.6. The number of anilines is 1. The predicted molar refractivity (Wildman–Crippen MR) is 135 cm³/mol. The quantitative estimate of drug-likeness (QED) is 0.369. The van der Waals surface area contributed by atoms with Crippen molar-refractivity contribution >= 4 is 45.1 Å². The number of nitrogens with one attached hydrogen (secondary N) is 1. The van der Waals surface area contributed by atoms with Crippen molar-refractivity contribution in [3.63, 3.8) is 0 Å². The fraction of sp³-hybridized carbons (Fsp3) is 0.231. The van der Waals surface area contributed by atoms with E-state index in [1.807, 2.05) is 6.07 Å². The van der Waals surface area contributed by atoms with Crippen molar-refractivity contribution in [3.8, 4) is 0 Å². The summed E-state index contributed by atoms with van der Waals surface area (Å²) in [5.41, 5.74) is 5.81. The first kappa shape index (κ1) is 24.4. The van der Waals surface area contributed by atoms with Gasteiger partial charge in [-0.05, 0) is 60.0 Å². The number of carbonyl (C=O) groups excluding carboxylic acids is 3. The third-order valence-corrected chi connectivity index (χ3v) is 6.60. The average Bonchev–Trinajstić information content (AvgIpc) is 3.23. The standard InChI is InChI=1S/C26H24BrN3O5/c1-15-22-19(28-29-24(31)16-9-4-6-11-18(16)27)12-8-14-21(22)35-23(15)25(32)30(2)20-13-7-5-10-17(20)26(33)34-3/h4-7,9-11,13H,8,12,14H2,1-3H3,(H,29,31)/b28-19+. The maximum atomic E-state index is 13.4. The second-order valence-corrected chi connectivity index (χ2v) is 8.91. The van der Waals surface area contributed by atoms with Crippen LogP contribution in [0.2, 0.25) is 0 Å². The Bertz CT molecular complexity index is 1340. The van der Waals surface area contributed by atoms with Crippen LogP contribution in [0.4, 0.5) is 5.69 Å². The smallest absolute Gasteiger partial charge is 0.339 e. The second kappa shape index (κ2) is 10.3. The number of hydrogen-bond acceptors (Lipinski definition) is 6. The number of halogens is 1. The number of benzene rings is 2. The van der Waals surface area contributed by atoms with Crippen molar-refractivity contribution in [2.24, 2.45) is 5.10 Å². The molecule has 0 aliphatic heterocycles. The number of esters is 1. The van der Waals surface area contributed by atoms with Crippen LogP contribution in [0.5, 0.6) is 0 Å². The Labute approximate surface area is 211 Å². The Morgan fingerprint density at radius 1 is 1.06 bits per heavy atom. The first-order valence-electron chi connectivity index (χ1n) is 11.0. The van der Waals surface area contributed by atoms with Crippen LogP contribution in [0.15, 0.2) is 62.5 Å². The minimum absolute atomic E-state index is 0.170. The zero-order chi connectivity index (χ0) is 25.1. The van der Waals surface area contributed by atoms with Crippen LogP contribution in [0.3, 0.4) is 0 Å². The number of ether oxygens (including phenoxy) is 1. The van der Waals surface area contributed by atoms with Crippen molar-refractivity contribution in [2.45, 2.75) is 26.2 Å². The van der Waals surface area contributed by atoms with E-state index in [0.717, 1.165) is 12.0 Å². The molecule has 0 bridgehead atoms. The maximum absolute atomic E-state index is 13.4. The number of methoxy groups -OCH3 is 1. The molecule has 1 aliphatic carbocycles. The second-order valence-electron chi connectivity index (χ2n) is 8.06. The molecule has 35 heavy (non-hydrogen) atoms. The Hall–Kier alpha value is -3.72. The van der Waals surface area contributed by atoms with E-state index in [-0.39, 0.29) is 17.2 Å². The van der Waals surface area contributed by atoms with Crippen LogP contribution in [-0.2, 0) is 11.2 Å². The van der Waals surface area contributed by atoms with Crippen LogP contribution < -0.4 is 10.3 Å². The topological polar surface area (TPSA) is 101 Å². The van der Waals surface area contributed by atoms with E-state index < -0.39 is 11.9 Å². The van der Waals surface area contributed by atoms with E-state index in [9.17, 15) is 14.4 Å². The summed E-state index contributed by atoms with van der Waals surface area (Å²) in [5, 5.41) is 4.38. The van der Waals surface area contributed by atoms with E-state index in [4.69, 9.17) is 9.15 Å². The molecule has 1 heterocycles. The summed E-state index contributed by atoms with van der Waals surface area (Å²) in [6, 6.07) is 13.8. The molecule has 0 saturated heterocycles. The van der Waals surface area contributed by atoms with E-state index in [1.165, 1.54) is 12.0 Å². The van der Waals surface area contributed by atoms with E-state index in [2.05, 4.69) is 26.5 Å². The van der Waals surface area contributed by atoms with E-state index in [1.54, 1.807) is 56.4 Å². The van der Waals surface area contributed by atoms with Crippen molar-refractivity contribution in [1.82, 2.24) is 5.43 Å². The first-order valence-corrected chi connectivity index (χ1v) is 11.8. The molecule has 9 heteroatoms. The van der Waals surface area contributed by atoms with Gasteiger partial charge in [-0.2, -0.15) is 5.10 Å². The number of para-hydroxylation sites is 1. The molecule has 1 N–H and O–H groups in total. The Morgan fingerprint density at radius 2 is 1.74 bits per heavy atom. The van der Waals surface area contributed by atoms with Gasteiger partial charge < -0.3 is 14.1 Å². The summed E-state index contributed by atoms with van der Waals surface area (Å²) < 4.78 is 11.5. The molecule has 0 unspecified atom stereocenters. The fourth-order valence-electron chi connectivity index (χ4n) is 4.12. The zero-order valence-corrected chi connectivity index (χ0v) is 21.1. The molecular formula is C26H24BrN3O5. The highest BCUT2D eigenvalue weighted by Gasteiger charge is 2.31. The number of fused-ring (bicyclic) bond motifs is 1. The normalized spacial score (nSPS) is 13.8. The molecule has 3 aromatic rings. The van der Waals surface area contributed by atoms with Crippen molar-refractivity contribution in [2.75, 3.05) is 19.1 Å². The number of nitrogens with zero attached hydrogens (tertiary/aromatic N) is 2. The summed E-state index contributed by atoms with van der Waals surface area (Å²) in [4.78, 5) is 39.6. The van der Waals surface area contributed by atoms with Crippen molar-refractivity contribution in [1.29, 1.82) is 0 Å². The monoisotopic (exact) mass is 537 g/mol. The number of carbonyl (C=O) groups is 3. The first-order chi connectivity index (χ1) is 16.8. The summed E-state index contributed by atoms with van der Waals surface area (Å²) in [5.74, 6) is -0.450. The summed E-state index contributed by atoms with van der Waals surface area (Å²) in [7, 11) is 2.87. The number of hydrogen-bond donors (Lipinski definition) is 1. The highest BCUT2D eigenvalue weighted by atomic mass is 79.9. The molecule has 0 atom stereocenters. The van der Waals surface area contributed by atoms with Gasteiger partial charge >= 0.3 is 5.97 Å². The molecule has 0 saturated carbocycles. The molecule has 2 aromatic carbocycles. The minimum Gasteiger partial charge on any atom is -0.465 e. The van der Waals surface area contributed by atoms with Crippen LogP contribution in [0.1, 0.15) is 61.0 Å². The molecule has 1 aliphatic rings. The van der Waals surface area contributed by atoms with Gasteiger partial charge in [0.25, 0.3) is 11.8 Å². The van der Waals surface area contributed by atoms with Gasteiger partial charge in [0, 0.05) is 29.1 Å². The average molecular weight is 538 g/mol. The lowest BCUT2D eigenvalue weighted by Gasteiger charge is -2.19. The van der Waals surface area contributed by atoms with Gasteiger partial charge in [0.2, 0.25) is 0 Å². The lowest BCUT2D eigenvalue weighted by Crippen LogP contribution is -2.28. The summed E-state index contributed by atoms with van der Waals surface area (Å²) >= 11 is 3.38. The number of rotatable bonds is 5. The van der Waals surface area contributed by atoms with E-state index in [0.29, 0.717) is 45.6 Å². The Kier molecular flexibility index (Phi) is 7.16. The van der Waals surface area contributed by atoms with Crippen LogP contribution in [-0.4, -0.2) is 37.7 Å². The molecule has 0 radical (unpaired) electrons. The molecule has 180 valence electrons. The Balaban J connectivity index is 1.63. The molecule has 4 rings (SSSR count). The number of furan rings is 1. The molecule has 2 amide bonds. The lowest BCUT2D eigenvalue weighted by atomic mass is 9.93. The van der Waals surface area contributed by atoms with Crippen LogP contribution >= 0.6 is 15.9 Å². The Morgan fingerprint density at radius 3 is 2.46 bits per heavy atom. The molecular weight excluding hydrogens is 514 g/mol. The number of aryl methyl sites for hydroxylation is 1. The maximum Gasteiger partial charge on any atom is 0.339 e. The molecule has 0 spiro atoms. The predicted octanol–water partition coefficient (Wildman–Crippen LogP) is 4.88. The summed E-state index contributed by atoms with van der Waals surface area (Å²) in [6.45, 7) is 1.80. The minimum atomic E-state index is -0.536. The van der Waals surface area contributed by atoms with E-state index >= 15 is 0 Å². The van der Waals surface area contributed by atoms with Gasteiger partial charge in [-0.1, -0.05) is 24.3 Å². The third kappa shape index (κ3) is 4.77. The van der Waals surface area contributed by atoms with Gasteiger partial charge in [0.15, 0.2) is 5.76 Å². The highest BCUT2D eigenvalue weighted by Crippen LogP contribution is 2.32. The van der Waals surface area contributed by atoms with Crippen LogP contribution in [0.25, 0.3) is 0 Å². The van der Waals surface area contributed by atoms with Crippen molar-refractivity contribution < 1.29 is 23.5 Å². The van der Waals surface area contributed by atoms with Gasteiger partial charge in [-0.3, -0.25) is 9.59 Å². The highest BCUT2D eigenvalue weighted by molar-refractivity contribution is 9.10. The molecule has 8 nitrogen and oxygen atoms in total. The van der Waals surface area contributed by atoms with Gasteiger partial charge in [-0.15, -0.1) is 0 Å². The van der Waals surface area contributed by atoms with Crippen LogP contribution in [0, 0.1) is 6.92 Å². The fourth-order valence-corrected chi connectivity index (χ4v) is 4.58. The lowest BCUT2D eigenvalue weighted by molar-refractivity contribution is 0.0601. The van der Waals surface area contributed by atoms with Gasteiger partial charge in [0.1, 0.15) is 5.76 Å². The SMILES string of the molecule is COC(=O)c1ccccc1N(C)C(=O)c1oc2c(c1C)/C(=N/NC(=O)c1ccccc1Br)CCC2. The van der Waals surface area contributed by atoms with Crippen molar-refractivity contribution in [3.05, 3.63) is 86.8 Å². The van der Waals surface area contributed by atoms with Gasteiger partial charge in [-0.25, -0.2) is 10.2 Å². The third-order valence-electron chi connectivity index (χ3n) is 5.91. The van der Waals surface area contributed by atoms with Gasteiger partial charge in [0.05, 0.1) is 29.6 Å². The number of amides is 2.